The first kappa shape index (κ1) is 14.2. The van der Waals surface area contributed by atoms with Gasteiger partial charge in [0.05, 0.1) is 0 Å². The predicted octanol–water partition coefficient (Wildman–Crippen LogP) is 3.59. The van der Waals surface area contributed by atoms with Gasteiger partial charge in [-0.25, -0.2) is 0 Å². The Morgan fingerprint density at radius 1 is 1.09 bits per heavy atom. The normalized spacial score (nSPS) is 47.0. The van der Waals surface area contributed by atoms with Crippen LogP contribution in [0.2, 0.25) is 0 Å². The van der Waals surface area contributed by atoms with Crippen LogP contribution in [0.15, 0.2) is 23.8 Å². The summed E-state index contributed by atoms with van der Waals surface area (Å²) in [5.74, 6) is 1.77. The Hall–Kier alpha value is -1.38. The van der Waals surface area contributed by atoms with Crippen molar-refractivity contribution in [1.82, 2.24) is 0 Å². The molecule has 3 fully saturated rings. The van der Waals surface area contributed by atoms with E-state index in [1.807, 2.05) is 6.08 Å². The third-order valence-corrected chi connectivity index (χ3v) is 6.90. The van der Waals surface area contributed by atoms with Crippen molar-refractivity contribution >= 4 is 11.8 Å². The van der Waals surface area contributed by atoms with Crippen molar-refractivity contribution in [2.75, 3.05) is 0 Å². The van der Waals surface area contributed by atoms with E-state index in [9.17, 15) is 9.59 Å². The zero-order valence-corrected chi connectivity index (χ0v) is 13.4. The van der Waals surface area contributed by atoms with E-state index in [2.05, 4.69) is 19.9 Å². The third kappa shape index (κ3) is 1.87. The Kier molecular flexibility index (Phi) is 2.95. The lowest BCUT2D eigenvalue weighted by atomic mass is 9.49. The number of allylic oxidation sites excluding steroid dienone is 4. The molecule has 0 N–H and O–H groups in total. The molecule has 0 aromatic rings. The van der Waals surface area contributed by atoms with Gasteiger partial charge in [-0.3, -0.25) is 9.59 Å². The summed E-state index contributed by atoms with van der Waals surface area (Å²) in [6.07, 6.45) is 11.5. The fourth-order valence-electron chi connectivity index (χ4n) is 5.72. The van der Waals surface area contributed by atoms with E-state index in [4.69, 9.17) is 4.74 Å². The Bertz CT molecular complexity index is 602. The molecule has 0 aromatic carbocycles. The summed E-state index contributed by atoms with van der Waals surface area (Å²) < 4.78 is 5.79. The predicted molar refractivity (Wildman–Crippen MR) is 83.0 cm³/mol. The largest absolute Gasteiger partial charge is 0.459 e. The van der Waals surface area contributed by atoms with Crippen LogP contribution < -0.4 is 0 Å². The Morgan fingerprint density at radius 2 is 1.91 bits per heavy atom. The van der Waals surface area contributed by atoms with Gasteiger partial charge in [-0.1, -0.05) is 18.6 Å². The van der Waals surface area contributed by atoms with Gasteiger partial charge in [-0.2, -0.15) is 0 Å². The number of carbonyl (C=O) groups is 2. The second-order valence-electron chi connectivity index (χ2n) is 7.97. The van der Waals surface area contributed by atoms with Gasteiger partial charge >= 0.3 is 5.97 Å². The molecular formula is C19H24O3. The molecule has 3 nitrogen and oxygen atoms in total. The van der Waals surface area contributed by atoms with Gasteiger partial charge in [0.25, 0.3) is 0 Å². The van der Waals surface area contributed by atoms with Gasteiger partial charge in [0.15, 0.2) is 5.78 Å². The molecule has 1 saturated heterocycles. The van der Waals surface area contributed by atoms with E-state index < -0.39 is 0 Å². The van der Waals surface area contributed by atoms with Crippen LogP contribution in [0.25, 0.3) is 0 Å². The molecule has 4 aliphatic rings. The maximum absolute atomic E-state index is 11.7. The topological polar surface area (TPSA) is 43.4 Å². The smallest absolute Gasteiger partial charge is 0.306 e. The lowest BCUT2D eigenvalue weighted by Gasteiger charge is -2.58. The van der Waals surface area contributed by atoms with E-state index in [0.717, 1.165) is 32.1 Å². The van der Waals surface area contributed by atoms with Gasteiger partial charge in [-0.15, -0.1) is 0 Å². The molecule has 5 atom stereocenters. The molecule has 0 unspecified atom stereocenters. The molecule has 22 heavy (non-hydrogen) atoms. The molecule has 3 heteroatoms. The van der Waals surface area contributed by atoms with Crippen molar-refractivity contribution in [1.29, 1.82) is 0 Å². The highest BCUT2D eigenvalue weighted by molar-refractivity contribution is 6.01. The second-order valence-corrected chi connectivity index (χ2v) is 7.97. The summed E-state index contributed by atoms with van der Waals surface area (Å²) in [5, 5.41) is 0. The number of rotatable bonds is 0. The average molecular weight is 300 g/mol. The van der Waals surface area contributed by atoms with Crippen molar-refractivity contribution in [2.24, 2.45) is 23.2 Å². The number of ether oxygens (including phenoxy) is 1. The molecular weight excluding hydrogens is 276 g/mol. The first-order chi connectivity index (χ1) is 10.4. The molecule has 0 bridgehead atoms. The van der Waals surface area contributed by atoms with Crippen LogP contribution in [-0.4, -0.2) is 17.4 Å². The number of carbonyl (C=O) groups excluding carboxylic acids is 2. The molecule has 0 spiro atoms. The van der Waals surface area contributed by atoms with Gasteiger partial charge in [-0.05, 0) is 63.0 Å². The number of fused-ring (bicyclic) bond motifs is 5. The first-order valence-electron chi connectivity index (χ1n) is 8.58. The zero-order valence-electron chi connectivity index (χ0n) is 13.4. The second kappa shape index (κ2) is 4.56. The van der Waals surface area contributed by atoms with Crippen molar-refractivity contribution in [3.63, 3.8) is 0 Å². The summed E-state index contributed by atoms with van der Waals surface area (Å²) in [6, 6.07) is 0. The van der Waals surface area contributed by atoms with Crippen LogP contribution in [0.5, 0.6) is 0 Å². The van der Waals surface area contributed by atoms with E-state index in [-0.39, 0.29) is 22.8 Å². The van der Waals surface area contributed by atoms with Crippen molar-refractivity contribution in [3.05, 3.63) is 23.8 Å². The Morgan fingerprint density at radius 3 is 2.73 bits per heavy atom. The van der Waals surface area contributed by atoms with Crippen molar-refractivity contribution in [3.8, 4) is 0 Å². The van der Waals surface area contributed by atoms with Gasteiger partial charge in [0, 0.05) is 17.8 Å². The standard InChI is InChI=1S/C19H24O3/c1-18-9-7-13(20)11-12(18)3-4-14-15(18)8-10-19(2)16(14)5-6-17(21)22-19/h7,9,11,14-16H,3-6,8,10H2,1-2H3/t14-,15-,16+,18+,19+/m1/s1. The third-order valence-electron chi connectivity index (χ3n) is 6.90. The SMILES string of the molecule is C[C@]12C=CC(=O)C=C1CC[C@@H]1[C@H]2CC[C@]2(C)OC(=O)CC[C@@H]12. The van der Waals surface area contributed by atoms with Crippen molar-refractivity contribution in [2.45, 2.75) is 58.0 Å². The van der Waals surface area contributed by atoms with E-state index in [0.29, 0.717) is 24.2 Å². The monoisotopic (exact) mass is 300 g/mol. The van der Waals surface area contributed by atoms with Crippen LogP contribution in [-0.2, 0) is 14.3 Å². The van der Waals surface area contributed by atoms with Crippen LogP contribution in [0.1, 0.15) is 52.4 Å². The van der Waals surface area contributed by atoms with Gasteiger partial charge in [0.1, 0.15) is 5.60 Å². The molecule has 0 radical (unpaired) electrons. The molecule has 4 rings (SSSR count). The highest BCUT2D eigenvalue weighted by Gasteiger charge is 2.56. The quantitative estimate of drug-likeness (QED) is 0.642. The fourth-order valence-corrected chi connectivity index (χ4v) is 5.72. The van der Waals surface area contributed by atoms with E-state index in [1.165, 1.54) is 5.57 Å². The lowest BCUT2D eigenvalue weighted by molar-refractivity contribution is -0.192. The number of esters is 1. The molecule has 1 heterocycles. The molecule has 2 saturated carbocycles. The summed E-state index contributed by atoms with van der Waals surface area (Å²) in [4.78, 5) is 23.4. The fraction of sp³-hybridized carbons (Fsp3) is 0.684. The minimum absolute atomic E-state index is 0.0250. The summed E-state index contributed by atoms with van der Waals surface area (Å²) >= 11 is 0. The lowest BCUT2D eigenvalue weighted by Crippen LogP contribution is -2.56. The van der Waals surface area contributed by atoms with Crippen LogP contribution in [0, 0.1) is 23.2 Å². The molecule has 0 aromatic heterocycles. The molecule has 3 aliphatic carbocycles. The maximum Gasteiger partial charge on any atom is 0.306 e. The molecule has 0 amide bonds. The summed E-state index contributed by atoms with van der Waals surface area (Å²) in [7, 11) is 0. The van der Waals surface area contributed by atoms with E-state index >= 15 is 0 Å². The van der Waals surface area contributed by atoms with Gasteiger partial charge < -0.3 is 4.74 Å². The highest BCUT2D eigenvalue weighted by atomic mass is 16.6. The number of ketones is 1. The number of hydrogen-bond acceptors (Lipinski definition) is 3. The Labute approximate surface area is 131 Å². The number of hydrogen-bond donors (Lipinski definition) is 0. The Balaban J connectivity index is 1.68. The van der Waals surface area contributed by atoms with Crippen LogP contribution >= 0.6 is 0 Å². The first-order valence-corrected chi connectivity index (χ1v) is 8.58. The maximum atomic E-state index is 11.7. The van der Waals surface area contributed by atoms with Gasteiger partial charge in [0.2, 0.25) is 0 Å². The zero-order chi connectivity index (χ0) is 15.5. The summed E-state index contributed by atoms with van der Waals surface area (Å²) in [5.41, 5.74) is 1.08. The van der Waals surface area contributed by atoms with Crippen LogP contribution in [0.4, 0.5) is 0 Å². The molecule has 118 valence electrons. The average Bonchev–Trinajstić information content (AvgIpc) is 2.46. The van der Waals surface area contributed by atoms with Crippen molar-refractivity contribution < 1.29 is 14.3 Å². The molecule has 1 aliphatic heterocycles. The minimum atomic E-state index is -0.262. The summed E-state index contributed by atoms with van der Waals surface area (Å²) in [6.45, 7) is 4.44. The van der Waals surface area contributed by atoms with Crippen LogP contribution in [0.3, 0.4) is 0 Å². The highest BCUT2D eigenvalue weighted by Crippen LogP contribution is 2.60. The minimum Gasteiger partial charge on any atom is -0.459 e. The van der Waals surface area contributed by atoms with E-state index in [1.54, 1.807) is 6.08 Å².